The van der Waals surface area contributed by atoms with Gasteiger partial charge in [-0.05, 0) is 31.2 Å². The maximum atomic E-state index is 12.4. The molecule has 0 saturated carbocycles. The van der Waals surface area contributed by atoms with E-state index in [9.17, 15) is 9.59 Å². The molecular formula is C19H17ClN2O5. The molecule has 0 aliphatic carbocycles. The second-order valence-electron chi connectivity index (χ2n) is 5.65. The van der Waals surface area contributed by atoms with Crippen LogP contribution in [0.25, 0.3) is 11.0 Å². The summed E-state index contributed by atoms with van der Waals surface area (Å²) >= 11 is 6.09. The molecule has 140 valence electrons. The molecule has 0 fully saturated rings. The Bertz CT molecular complexity index is 1030. The first kappa shape index (κ1) is 18.6. The maximum Gasteiger partial charge on any atom is 0.305 e. The van der Waals surface area contributed by atoms with Gasteiger partial charge in [-0.3, -0.25) is 20.4 Å². The summed E-state index contributed by atoms with van der Waals surface area (Å²) in [5.74, 6) is -0.137. The average Bonchev–Trinajstić information content (AvgIpc) is 3.03. The van der Waals surface area contributed by atoms with Crippen molar-refractivity contribution >= 4 is 34.4 Å². The van der Waals surface area contributed by atoms with E-state index in [4.69, 9.17) is 25.5 Å². The Morgan fingerprint density at radius 1 is 1.00 bits per heavy atom. The van der Waals surface area contributed by atoms with Crippen LogP contribution in [0.2, 0.25) is 5.02 Å². The van der Waals surface area contributed by atoms with Gasteiger partial charge in [-0.15, -0.1) is 0 Å². The van der Waals surface area contributed by atoms with E-state index in [2.05, 4.69) is 10.9 Å². The van der Waals surface area contributed by atoms with E-state index in [-0.39, 0.29) is 11.3 Å². The molecule has 0 unspecified atom stereocenters. The molecule has 3 rings (SSSR count). The van der Waals surface area contributed by atoms with Gasteiger partial charge in [0.15, 0.2) is 22.8 Å². The fourth-order valence-electron chi connectivity index (χ4n) is 2.65. The number of halogens is 1. The van der Waals surface area contributed by atoms with Gasteiger partial charge in [0, 0.05) is 16.5 Å². The molecule has 7 nitrogen and oxygen atoms in total. The van der Waals surface area contributed by atoms with E-state index in [0.29, 0.717) is 27.7 Å². The molecular weight excluding hydrogens is 372 g/mol. The third-order valence-electron chi connectivity index (χ3n) is 4.06. The summed E-state index contributed by atoms with van der Waals surface area (Å²) < 4.78 is 15.9. The Balaban J connectivity index is 1.75. The highest BCUT2D eigenvalue weighted by Crippen LogP contribution is 2.30. The van der Waals surface area contributed by atoms with Crippen LogP contribution in [0.4, 0.5) is 0 Å². The number of aryl methyl sites for hydroxylation is 1. The van der Waals surface area contributed by atoms with Gasteiger partial charge in [-0.2, -0.15) is 0 Å². The number of carbonyl (C=O) groups is 2. The summed E-state index contributed by atoms with van der Waals surface area (Å²) in [6.45, 7) is 1.74. The molecule has 0 radical (unpaired) electrons. The van der Waals surface area contributed by atoms with Crippen molar-refractivity contribution in [2.45, 2.75) is 6.92 Å². The summed E-state index contributed by atoms with van der Waals surface area (Å²) in [5.41, 5.74) is 6.02. The third kappa shape index (κ3) is 3.54. The minimum atomic E-state index is -0.589. The van der Waals surface area contributed by atoms with Crippen molar-refractivity contribution in [2.24, 2.45) is 0 Å². The molecule has 0 aliphatic rings. The highest BCUT2D eigenvalue weighted by Gasteiger charge is 2.20. The van der Waals surface area contributed by atoms with Crippen LogP contribution in [0, 0.1) is 6.92 Å². The average molecular weight is 389 g/mol. The number of furan rings is 1. The molecule has 0 spiro atoms. The van der Waals surface area contributed by atoms with Gasteiger partial charge >= 0.3 is 5.91 Å². The number of amides is 2. The third-order valence-corrected chi connectivity index (χ3v) is 4.35. The molecule has 0 aliphatic heterocycles. The molecule has 8 heteroatoms. The lowest BCUT2D eigenvalue weighted by Gasteiger charge is -2.10. The maximum absolute atomic E-state index is 12.4. The van der Waals surface area contributed by atoms with E-state index in [1.807, 2.05) is 0 Å². The minimum absolute atomic E-state index is 0.0747. The summed E-state index contributed by atoms with van der Waals surface area (Å²) in [4.78, 5) is 24.7. The van der Waals surface area contributed by atoms with Gasteiger partial charge in [-0.1, -0.05) is 23.7 Å². The van der Waals surface area contributed by atoms with Crippen LogP contribution in [0.5, 0.6) is 11.5 Å². The molecule has 27 heavy (non-hydrogen) atoms. The van der Waals surface area contributed by atoms with Gasteiger partial charge in [0.1, 0.15) is 0 Å². The fourth-order valence-corrected chi connectivity index (χ4v) is 2.86. The number of benzene rings is 2. The van der Waals surface area contributed by atoms with Crippen LogP contribution in [0.15, 0.2) is 40.8 Å². The fraction of sp³-hybridized carbons (Fsp3) is 0.158. The molecule has 2 amide bonds. The predicted octanol–water partition coefficient (Wildman–Crippen LogP) is 3.49. The van der Waals surface area contributed by atoms with E-state index >= 15 is 0 Å². The zero-order chi connectivity index (χ0) is 19.6. The topological polar surface area (TPSA) is 89.8 Å². The van der Waals surface area contributed by atoms with Gasteiger partial charge in [0.05, 0.1) is 19.2 Å². The first-order valence-corrected chi connectivity index (χ1v) is 8.34. The Labute approximate surface area is 160 Å². The normalized spacial score (nSPS) is 10.5. The Kier molecular flexibility index (Phi) is 5.23. The van der Waals surface area contributed by atoms with Gasteiger partial charge in [0.2, 0.25) is 0 Å². The number of hydrogen-bond acceptors (Lipinski definition) is 5. The minimum Gasteiger partial charge on any atom is -0.493 e. The monoisotopic (exact) mass is 388 g/mol. The lowest BCUT2D eigenvalue weighted by molar-refractivity contribution is 0.0831. The Morgan fingerprint density at radius 3 is 2.37 bits per heavy atom. The van der Waals surface area contributed by atoms with Crippen molar-refractivity contribution in [2.75, 3.05) is 14.2 Å². The SMILES string of the molecule is COc1ccc(C(=O)NNC(=O)c2oc3c(Cl)cccc3c2C)cc1OC. The summed E-state index contributed by atoms with van der Waals surface area (Å²) in [5, 5.41) is 1.14. The molecule has 2 aromatic carbocycles. The molecule has 3 aromatic rings. The highest BCUT2D eigenvalue weighted by atomic mass is 35.5. The van der Waals surface area contributed by atoms with Crippen molar-refractivity contribution in [3.05, 3.63) is 58.3 Å². The Hall–Kier alpha value is -3.19. The summed E-state index contributed by atoms with van der Waals surface area (Å²) in [6, 6.07) is 9.91. The zero-order valence-electron chi connectivity index (χ0n) is 14.9. The van der Waals surface area contributed by atoms with Crippen LogP contribution in [-0.4, -0.2) is 26.0 Å². The number of ether oxygens (including phenoxy) is 2. The van der Waals surface area contributed by atoms with Crippen LogP contribution >= 0.6 is 11.6 Å². The van der Waals surface area contributed by atoms with E-state index < -0.39 is 11.8 Å². The first-order chi connectivity index (χ1) is 13.0. The number of rotatable bonds is 4. The molecule has 0 saturated heterocycles. The van der Waals surface area contributed by atoms with Crippen molar-refractivity contribution in [1.29, 1.82) is 0 Å². The van der Waals surface area contributed by atoms with E-state index in [1.54, 1.807) is 37.3 Å². The number of nitrogens with one attached hydrogen (secondary N) is 2. The van der Waals surface area contributed by atoms with Crippen molar-refractivity contribution in [3.63, 3.8) is 0 Å². The van der Waals surface area contributed by atoms with Crippen LogP contribution in [-0.2, 0) is 0 Å². The highest BCUT2D eigenvalue weighted by molar-refractivity contribution is 6.35. The van der Waals surface area contributed by atoms with Gasteiger partial charge in [0.25, 0.3) is 5.91 Å². The summed E-state index contributed by atoms with van der Waals surface area (Å²) in [6.07, 6.45) is 0. The van der Waals surface area contributed by atoms with Crippen molar-refractivity contribution in [3.8, 4) is 11.5 Å². The quantitative estimate of drug-likeness (QED) is 0.668. The predicted molar refractivity (Wildman–Crippen MR) is 100 cm³/mol. The summed E-state index contributed by atoms with van der Waals surface area (Å²) in [7, 11) is 2.97. The number of hydrazine groups is 1. The van der Waals surface area contributed by atoms with Crippen molar-refractivity contribution in [1.82, 2.24) is 10.9 Å². The standard InChI is InChI=1S/C19H17ClN2O5/c1-10-12-5-4-6-13(20)17(12)27-16(10)19(24)22-21-18(23)11-7-8-14(25-2)15(9-11)26-3/h4-9H,1-3H3,(H,21,23)(H,22,24). The number of para-hydroxylation sites is 1. The Morgan fingerprint density at radius 2 is 1.70 bits per heavy atom. The van der Waals surface area contributed by atoms with Crippen LogP contribution in [0.1, 0.15) is 26.5 Å². The molecule has 1 aromatic heterocycles. The molecule has 0 bridgehead atoms. The van der Waals surface area contributed by atoms with Gasteiger partial charge < -0.3 is 13.9 Å². The zero-order valence-corrected chi connectivity index (χ0v) is 15.6. The lowest BCUT2D eigenvalue weighted by Crippen LogP contribution is -2.41. The number of hydrogen-bond donors (Lipinski definition) is 2. The largest absolute Gasteiger partial charge is 0.493 e. The van der Waals surface area contributed by atoms with Crippen LogP contribution < -0.4 is 20.3 Å². The second kappa shape index (κ2) is 7.59. The lowest BCUT2D eigenvalue weighted by atomic mass is 10.1. The van der Waals surface area contributed by atoms with Crippen LogP contribution in [0.3, 0.4) is 0 Å². The number of fused-ring (bicyclic) bond motifs is 1. The van der Waals surface area contributed by atoms with Gasteiger partial charge in [-0.25, -0.2) is 0 Å². The van der Waals surface area contributed by atoms with E-state index in [0.717, 1.165) is 5.39 Å². The van der Waals surface area contributed by atoms with E-state index in [1.165, 1.54) is 20.3 Å². The number of methoxy groups -OCH3 is 2. The second-order valence-corrected chi connectivity index (χ2v) is 6.06. The molecule has 0 atom stereocenters. The molecule has 2 N–H and O–H groups in total. The first-order valence-electron chi connectivity index (χ1n) is 7.96. The molecule has 1 heterocycles. The smallest absolute Gasteiger partial charge is 0.305 e. The van der Waals surface area contributed by atoms with Crippen molar-refractivity contribution < 1.29 is 23.5 Å². The number of carbonyl (C=O) groups excluding carboxylic acids is 2.